The number of nitrogens with two attached hydrogens (primary N) is 1. The Hall–Kier alpha value is -1.47. The first-order valence-electron chi connectivity index (χ1n) is 5.71. The quantitative estimate of drug-likeness (QED) is 0.680. The van der Waals surface area contributed by atoms with Crippen LogP contribution in [0.1, 0.15) is 13.3 Å². The van der Waals surface area contributed by atoms with Crippen molar-refractivity contribution in [3.05, 3.63) is 12.4 Å². The summed E-state index contributed by atoms with van der Waals surface area (Å²) in [6, 6.07) is -0.114. The van der Waals surface area contributed by atoms with Crippen LogP contribution in [-0.4, -0.2) is 45.7 Å². The number of amides is 1. The number of hydrogen-bond acceptors (Lipinski definition) is 5. The van der Waals surface area contributed by atoms with E-state index < -0.39 is 0 Å². The standard InChI is InChI=1S/C10H17N5O2/c1-2-17-8-5-7(11)10(8)13-9(16)6-15-4-3-12-14-15/h3-4,7-8,10H,2,5-6,11H2,1H3,(H,13,16). The lowest BCUT2D eigenvalue weighted by atomic mass is 9.83. The molecule has 7 heteroatoms. The van der Waals surface area contributed by atoms with Crippen LogP contribution in [0.25, 0.3) is 0 Å². The summed E-state index contributed by atoms with van der Waals surface area (Å²) >= 11 is 0. The summed E-state index contributed by atoms with van der Waals surface area (Å²) in [6.45, 7) is 2.72. The highest BCUT2D eigenvalue weighted by Crippen LogP contribution is 2.22. The molecular formula is C10H17N5O2. The van der Waals surface area contributed by atoms with E-state index in [2.05, 4.69) is 15.6 Å². The van der Waals surface area contributed by atoms with Crippen molar-refractivity contribution in [1.82, 2.24) is 20.3 Å². The van der Waals surface area contributed by atoms with Crippen LogP contribution in [0.3, 0.4) is 0 Å². The number of ether oxygens (including phenoxy) is 1. The van der Waals surface area contributed by atoms with Gasteiger partial charge in [-0.2, -0.15) is 0 Å². The maximum Gasteiger partial charge on any atom is 0.242 e. The third kappa shape index (κ3) is 2.80. The SMILES string of the molecule is CCOC1CC(N)C1NC(=O)Cn1ccnn1. The summed E-state index contributed by atoms with van der Waals surface area (Å²) in [5.41, 5.74) is 5.84. The molecule has 1 aromatic rings. The van der Waals surface area contributed by atoms with E-state index in [0.717, 1.165) is 6.42 Å². The second-order valence-corrected chi connectivity index (χ2v) is 4.09. The Morgan fingerprint density at radius 2 is 2.53 bits per heavy atom. The minimum absolute atomic E-state index is 0.0220. The van der Waals surface area contributed by atoms with E-state index in [0.29, 0.717) is 6.61 Å². The van der Waals surface area contributed by atoms with Crippen molar-refractivity contribution in [2.45, 2.75) is 38.1 Å². The smallest absolute Gasteiger partial charge is 0.242 e. The Bertz CT molecular complexity index is 365. The lowest BCUT2D eigenvalue weighted by Crippen LogP contribution is -2.65. The van der Waals surface area contributed by atoms with Crippen LogP contribution in [0.4, 0.5) is 0 Å². The lowest BCUT2D eigenvalue weighted by Gasteiger charge is -2.42. The third-order valence-electron chi connectivity index (χ3n) is 2.85. The van der Waals surface area contributed by atoms with E-state index in [1.807, 2.05) is 6.92 Å². The van der Waals surface area contributed by atoms with E-state index in [1.165, 1.54) is 10.9 Å². The number of aromatic nitrogens is 3. The van der Waals surface area contributed by atoms with Gasteiger partial charge in [-0.05, 0) is 13.3 Å². The number of carbonyl (C=O) groups excluding carboxylic acids is 1. The first-order valence-corrected chi connectivity index (χ1v) is 5.71. The monoisotopic (exact) mass is 239 g/mol. The van der Waals surface area contributed by atoms with Crippen molar-refractivity contribution in [1.29, 1.82) is 0 Å². The van der Waals surface area contributed by atoms with Crippen LogP contribution in [0.2, 0.25) is 0 Å². The lowest BCUT2D eigenvalue weighted by molar-refractivity contribution is -0.126. The molecule has 94 valence electrons. The van der Waals surface area contributed by atoms with E-state index in [-0.39, 0.29) is 30.6 Å². The van der Waals surface area contributed by atoms with Gasteiger partial charge in [0.25, 0.3) is 0 Å². The van der Waals surface area contributed by atoms with Crippen molar-refractivity contribution in [2.75, 3.05) is 6.61 Å². The Morgan fingerprint density at radius 1 is 1.71 bits per heavy atom. The number of carbonyl (C=O) groups is 1. The summed E-state index contributed by atoms with van der Waals surface area (Å²) in [4.78, 5) is 11.7. The van der Waals surface area contributed by atoms with Gasteiger partial charge in [-0.3, -0.25) is 4.79 Å². The number of nitrogens with zero attached hydrogens (tertiary/aromatic N) is 3. The van der Waals surface area contributed by atoms with Crippen LogP contribution in [0, 0.1) is 0 Å². The van der Waals surface area contributed by atoms with Crippen LogP contribution in [0.5, 0.6) is 0 Å². The van der Waals surface area contributed by atoms with Gasteiger partial charge in [0.1, 0.15) is 6.54 Å². The maximum atomic E-state index is 11.7. The van der Waals surface area contributed by atoms with Crippen molar-refractivity contribution in [3.63, 3.8) is 0 Å². The molecule has 1 fully saturated rings. The molecule has 3 N–H and O–H groups in total. The van der Waals surface area contributed by atoms with Gasteiger partial charge in [0.15, 0.2) is 0 Å². The number of rotatable bonds is 5. The van der Waals surface area contributed by atoms with Gasteiger partial charge in [-0.25, -0.2) is 4.68 Å². The molecule has 0 aliphatic heterocycles. The van der Waals surface area contributed by atoms with Gasteiger partial charge in [0.05, 0.1) is 18.3 Å². The van der Waals surface area contributed by atoms with E-state index >= 15 is 0 Å². The van der Waals surface area contributed by atoms with Crippen LogP contribution >= 0.6 is 0 Å². The minimum atomic E-state index is -0.125. The molecule has 3 unspecified atom stereocenters. The highest BCUT2D eigenvalue weighted by atomic mass is 16.5. The minimum Gasteiger partial charge on any atom is -0.376 e. The summed E-state index contributed by atoms with van der Waals surface area (Å²) in [7, 11) is 0. The Kier molecular flexibility index (Phi) is 3.70. The van der Waals surface area contributed by atoms with Gasteiger partial charge in [0, 0.05) is 18.8 Å². The molecule has 1 saturated carbocycles. The molecule has 0 aromatic carbocycles. The molecule has 2 rings (SSSR count). The second kappa shape index (κ2) is 5.24. The predicted octanol–water partition coefficient (Wildman–Crippen LogP) is -1.10. The van der Waals surface area contributed by atoms with Gasteiger partial charge in [-0.1, -0.05) is 5.21 Å². The Labute approximate surface area is 99.3 Å². The topological polar surface area (TPSA) is 95.1 Å². The molecule has 1 aliphatic carbocycles. The van der Waals surface area contributed by atoms with Crippen LogP contribution in [-0.2, 0) is 16.1 Å². The maximum absolute atomic E-state index is 11.7. The molecule has 0 spiro atoms. The van der Waals surface area contributed by atoms with Crippen LogP contribution < -0.4 is 11.1 Å². The summed E-state index contributed by atoms with van der Waals surface area (Å²) in [5.74, 6) is -0.125. The molecule has 1 aromatic heterocycles. The predicted molar refractivity (Wildman–Crippen MR) is 60.0 cm³/mol. The highest BCUT2D eigenvalue weighted by Gasteiger charge is 2.40. The van der Waals surface area contributed by atoms with Gasteiger partial charge >= 0.3 is 0 Å². The van der Waals surface area contributed by atoms with Gasteiger partial charge in [-0.15, -0.1) is 5.10 Å². The molecule has 3 atom stereocenters. The fourth-order valence-electron chi connectivity index (χ4n) is 1.92. The van der Waals surface area contributed by atoms with Crippen molar-refractivity contribution in [2.24, 2.45) is 5.73 Å². The Balaban J connectivity index is 1.81. The highest BCUT2D eigenvalue weighted by molar-refractivity contribution is 5.76. The van der Waals surface area contributed by atoms with E-state index in [4.69, 9.17) is 10.5 Å². The van der Waals surface area contributed by atoms with E-state index in [1.54, 1.807) is 6.20 Å². The molecule has 1 heterocycles. The van der Waals surface area contributed by atoms with Gasteiger partial charge < -0.3 is 15.8 Å². The number of nitrogens with one attached hydrogen (secondary N) is 1. The summed E-state index contributed by atoms with van der Waals surface area (Å²) in [5, 5.41) is 10.2. The molecule has 0 radical (unpaired) electrons. The average Bonchev–Trinajstić information content (AvgIpc) is 2.79. The first-order chi connectivity index (χ1) is 8.20. The zero-order valence-corrected chi connectivity index (χ0v) is 9.74. The van der Waals surface area contributed by atoms with Crippen molar-refractivity contribution < 1.29 is 9.53 Å². The molecule has 0 saturated heterocycles. The molecular weight excluding hydrogens is 222 g/mol. The molecule has 7 nitrogen and oxygen atoms in total. The molecule has 0 bridgehead atoms. The normalized spacial score (nSPS) is 27.5. The second-order valence-electron chi connectivity index (χ2n) is 4.09. The molecule has 17 heavy (non-hydrogen) atoms. The first kappa shape index (κ1) is 12.0. The zero-order valence-electron chi connectivity index (χ0n) is 9.74. The average molecular weight is 239 g/mol. The fraction of sp³-hybridized carbons (Fsp3) is 0.700. The third-order valence-corrected chi connectivity index (χ3v) is 2.85. The summed E-state index contributed by atoms with van der Waals surface area (Å²) < 4.78 is 6.93. The van der Waals surface area contributed by atoms with Crippen LogP contribution in [0.15, 0.2) is 12.4 Å². The molecule has 1 aliphatic rings. The largest absolute Gasteiger partial charge is 0.376 e. The molecule has 1 amide bonds. The fourth-order valence-corrected chi connectivity index (χ4v) is 1.92. The Morgan fingerprint density at radius 3 is 3.12 bits per heavy atom. The van der Waals surface area contributed by atoms with Crippen molar-refractivity contribution in [3.8, 4) is 0 Å². The van der Waals surface area contributed by atoms with Crippen molar-refractivity contribution >= 4 is 5.91 Å². The van der Waals surface area contributed by atoms with Gasteiger partial charge in [0.2, 0.25) is 5.91 Å². The zero-order chi connectivity index (χ0) is 12.3. The van der Waals surface area contributed by atoms with E-state index in [9.17, 15) is 4.79 Å². The summed E-state index contributed by atoms with van der Waals surface area (Å²) in [6.07, 6.45) is 4.00. The number of hydrogen-bond donors (Lipinski definition) is 2.